The quantitative estimate of drug-likeness (QED) is 0.779. The van der Waals surface area contributed by atoms with E-state index < -0.39 is 5.97 Å². The minimum atomic E-state index is -0.756. The van der Waals surface area contributed by atoms with Gasteiger partial charge in [0.25, 0.3) is 0 Å². The highest BCUT2D eigenvalue weighted by Gasteiger charge is 2.44. The van der Waals surface area contributed by atoms with Crippen molar-refractivity contribution in [2.75, 3.05) is 19.6 Å². The minimum Gasteiger partial charge on any atom is -0.481 e. The maximum Gasteiger partial charge on any atom is 0.308 e. The number of carbonyl (C=O) groups excluding carboxylic acids is 1. The molecule has 18 heavy (non-hydrogen) atoms. The van der Waals surface area contributed by atoms with E-state index in [0.29, 0.717) is 25.4 Å². The van der Waals surface area contributed by atoms with Crippen LogP contribution in [-0.4, -0.2) is 58.5 Å². The molecule has 0 spiro atoms. The van der Waals surface area contributed by atoms with Crippen LogP contribution in [0.2, 0.25) is 0 Å². The molecule has 3 heterocycles. The van der Waals surface area contributed by atoms with Crippen LogP contribution in [0, 0.1) is 5.92 Å². The molecule has 3 saturated heterocycles. The van der Waals surface area contributed by atoms with Gasteiger partial charge >= 0.3 is 5.97 Å². The molecule has 5 nitrogen and oxygen atoms in total. The van der Waals surface area contributed by atoms with E-state index in [2.05, 4.69) is 4.90 Å². The second kappa shape index (κ2) is 4.53. The summed E-state index contributed by atoms with van der Waals surface area (Å²) in [6.07, 6.45) is 4.30. The van der Waals surface area contributed by atoms with E-state index in [1.807, 2.05) is 4.90 Å². The van der Waals surface area contributed by atoms with Crippen molar-refractivity contribution in [3.05, 3.63) is 0 Å². The van der Waals surface area contributed by atoms with E-state index in [1.165, 1.54) is 6.42 Å². The van der Waals surface area contributed by atoms with Crippen molar-refractivity contribution < 1.29 is 14.7 Å². The summed E-state index contributed by atoms with van der Waals surface area (Å²) in [7, 11) is 0. The van der Waals surface area contributed by atoms with Crippen LogP contribution in [0.5, 0.6) is 0 Å². The van der Waals surface area contributed by atoms with E-state index in [-0.39, 0.29) is 17.9 Å². The fourth-order valence-corrected chi connectivity index (χ4v) is 3.81. The number of nitrogens with zero attached hydrogens (tertiary/aromatic N) is 2. The summed E-state index contributed by atoms with van der Waals surface area (Å²) in [5, 5.41) is 9.12. The first-order valence-electron chi connectivity index (χ1n) is 6.93. The maximum absolute atomic E-state index is 12.1. The van der Waals surface area contributed by atoms with Gasteiger partial charge in [-0.05, 0) is 32.2 Å². The van der Waals surface area contributed by atoms with Crippen LogP contribution in [0.1, 0.15) is 32.1 Å². The molecule has 3 fully saturated rings. The third-order valence-electron chi connectivity index (χ3n) is 4.76. The van der Waals surface area contributed by atoms with Crippen LogP contribution < -0.4 is 0 Å². The number of carboxylic acid groups (broad SMARTS) is 1. The Morgan fingerprint density at radius 1 is 1.17 bits per heavy atom. The van der Waals surface area contributed by atoms with Crippen molar-refractivity contribution >= 4 is 11.9 Å². The van der Waals surface area contributed by atoms with Crippen LogP contribution >= 0.6 is 0 Å². The molecular formula is C13H20N2O3. The Labute approximate surface area is 107 Å². The topological polar surface area (TPSA) is 60.9 Å². The molecular weight excluding hydrogens is 232 g/mol. The van der Waals surface area contributed by atoms with Crippen molar-refractivity contribution in [3.8, 4) is 0 Å². The van der Waals surface area contributed by atoms with Crippen LogP contribution in [0.25, 0.3) is 0 Å². The van der Waals surface area contributed by atoms with Crippen LogP contribution in [0.3, 0.4) is 0 Å². The van der Waals surface area contributed by atoms with E-state index >= 15 is 0 Å². The Balaban J connectivity index is 1.73. The van der Waals surface area contributed by atoms with Gasteiger partial charge in [-0.15, -0.1) is 0 Å². The lowest BCUT2D eigenvalue weighted by Crippen LogP contribution is -2.51. The second-order valence-electron chi connectivity index (χ2n) is 5.72. The molecule has 1 N–H and O–H groups in total. The smallest absolute Gasteiger partial charge is 0.308 e. The lowest BCUT2D eigenvalue weighted by atomic mass is 9.94. The highest BCUT2D eigenvalue weighted by atomic mass is 16.4. The van der Waals surface area contributed by atoms with Crippen molar-refractivity contribution in [3.63, 3.8) is 0 Å². The number of piperidine rings is 1. The predicted molar refractivity (Wildman–Crippen MR) is 65.1 cm³/mol. The molecule has 0 aromatic heterocycles. The van der Waals surface area contributed by atoms with E-state index in [0.717, 1.165) is 25.9 Å². The molecule has 3 rings (SSSR count). The Bertz CT molecular complexity index is 371. The largest absolute Gasteiger partial charge is 0.481 e. The zero-order valence-electron chi connectivity index (χ0n) is 10.5. The molecule has 0 radical (unpaired) electrons. The van der Waals surface area contributed by atoms with E-state index in [9.17, 15) is 9.59 Å². The van der Waals surface area contributed by atoms with E-state index in [1.54, 1.807) is 0 Å². The number of likely N-dealkylation sites (tertiary alicyclic amines) is 1. The minimum absolute atomic E-state index is 0.159. The molecule has 0 aliphatic carbocycles. The summed E-state index contributed by atoms with van der Waals surface area (Å²) < 4.78 is 0. The van der Waals surface area contributed by atoms with Gasteiger partial charge in [0.05, 0.1) is 5.92 Å². The summed E-state index contributed by atoms with van der Waals surface area (Å²) in [5.74, 6) is -0.960. The molecule has 0 aromatic rings. The molecule has 3 unspecified atom stereocenters. The number of fused-ring (bicyclic) bond motifs is 1. The summed E-state index contributed by atoms with van der Waals surface area (Å²) in [6, 6.07) is 0.753. The highest BCUT2D eigenvalue weighted by molar-refractivity contribution is 5.80. The Morgan fingerprint density at radius 2 is 2.00 bits per heavy atom. The van der Waals surface area contributed by atoms with Crippen LogP contribution in [0.15, 0.2) is 0 Å². The molecule has 0 aromatic carbocycles. The molecule has 3 aliphatic heterocycles. The van der Waals surface area contributed by atoms with Crippen molar-refractivity contribution in [1.29, 1.82) is 0 Å². The standard InChI is InChI=1S/C13H20N2O3/c16-12-4-3-9(13(17)18)8-15(12)11-5-7-14-6-1-2-10(11)14/h9-11H,1-8H2,(H,17,18). The average molecular weight is 252 g/mol. The van der Waals surface area contributed by atoms with Gasteiger partial charge in [0.2, 0.25) is 5.91 Å². The van der Waals surface area contributed by atoms with Crippen LogP contribution in [0.4, 0.5) is 0 Å². The molecule has 0 saturated carbocycles. The van der Waals surface area contributed by atoms with Crippen molar-refractivity contribution in [2.45, 2.75) is 44.2 Å². The summed E-state index contributed by atoms with van der Waals surface area (Å²) in [4.78, 5) is 27.5. The molecule has 100 valence electrons. The van der Waals surface area contributed by atoms with Gasteiger partial charge < -0.3 is 10.0 Å². The highest BCUT2D eigenvalue weighted by Crippen LogP contribution is 2.33. The number of aliphatic carboxylic acids is 1. The Hall–Kier alpha value is -1.10. The van der Waals surface area contributed by atoms with Gasteiger partial charge in [-0.2, -0.15) is 0 Å². The Kier molecular flexibility index (Phi) is 3.01. The van der Waals surface area contributed by atoms with E-state index in [4.69, 9.17) is 5.11 Å². The first-order chi connectivity index (χ1) is 8.66. The first-order valence-corrected chi connectivity index (χ1v) is 6.93. The third kappa shape index (κ3) is 1.90. The maximum atomic E-state index is 12.1. The van der Waals surface area contributed by atoms with Gasteiger partial charge in [0.15, 0.2) is 0 Å². The number of rotatable bonds is 2. The fourth-order valence-electron chi connectivity index (χ4n) is 3.81. The number of hydrogen-bond acceptors (Lipinski definition) is 3. The van der Waals surface area contributed by atoms with Gasteiger partial charge in [-0.3, -0.25) is 14.5 Å². The number of hydrogen-bond donors (Lipinski definition) is 1. The zero-order valence-corrected chi connectivity index (χ0v) is 10.5. The fraction of sp³-hybridized carbons (Fsp3) is 0.846. The monoisotopic (exact) mass is 252 g/mol. The van der Waals surface area contributed by atoms with Gasteiger partial charge in [0, 0.05) is 31.6 Å². The average Bonchev–Trinajstić information content (AvgIpc) is 2.91. The summed E-state index contributed by atoms with van der Waals surface area (Å²) in [6.45, 7) is 2.63. The molecule has 5 heteroatoms. The van der Waals surface area contributed by atoms with Crippen LogP contribution in [-0.2, 0) is 9.59 Å². The SMILES string of the molecule is O=C(O)C1CCC(=O)N(C2CCN3CCCC23)C1. The van der Waals surface area contributed by atoms with Gasteiger partial charge in [-0.1, -0.05) is 0 Å². The molecule has 0 bridgehead atoms. The number of carbonyl (C=O) groups is 2. The first kappa shape index (κ1) is 12.0. The molecule has 3 atom stereocenters. The molecule has 3 aliphatic rings. The second-order valence-corrected chi connectivity index (χ2v) is 5.72. The lowest BCUT2D eigenvalue weighted by molar-refractivity contribution is -0.149. The summed E-state index contributed by atoms with van der Waals surface area (Å²) >= 11 is 0. The number of carboxylic acids is 1. The summed E-state index contributed by atoms with van der Waals surface area (Å²) in [5.41, 5.74) is 0. The van der Waals surface area contributed by atoms with Crippen molar-refractivity contribution in [1.82, 2.24) is 9.80 Å². The third-order valence-corrected chi connectivity index (χ3v) is 4.76. The van der Waals surface area contributed by atoms with Crippen molar-refractivity contribution in [2.24, 2.45) is 5.92 Å². The van der Waals surface area contributed by atoms with Gasteiger partial charge in [0.1, 0.15) is 0 Å². The predicted octanol–water partition coefficient (Wildman–Crippen LogP) is 0.546. The Morgan fingerprint density at radius 3 is 2.78 bits per heavy atom. The number of amides is 1. The lowest BCUT2D eigenvalue weighted by Gasteiger charge is -2.37. The zero-order chi connectivity index (χ0) is 12.7. The van der Waals surface area contributed by atoms with Gasteiger partial charge in [-0.25, -0.2) is 0 Å². The molecule has 1 amide bonds. The normalized spacial score (nSPS) is 37.0.